The first-order chi connectivity index (χ1) is 7.00. The van der Waals surface area contributed by atoms with Gasteiger partial charge in [-0.2, -0.15) is 0 Å². The molecule has 0 aliphatic heterocycles. The van der Waals surface area contributed by atoms with Crippen molar-refractivity contribution in [1.82, 2.24) is 9.97 Å². The Morgan fingerprint density at radius 1 is 1.53 bits per heavy atom. The Balaban J connectivity index is 2.72. The highest BCUT2D eigenvalue weighted by Crippen LogP contribution is 2.16. The lowest BCUT2D eigenvalue weighted by Gasteiger charge is -2.16. The Labute approximate surface area is 97.6 Å². The minimum absolute atomic E-state index is 0.163. The fraction of sp³-hybridized carbons (Fsp3) is 0.600. The molecule has 5 heteroatoms. The molecule has 15 heavy (non-hydrogen) atoms. The summed E-state index contributed by atoms with van der Waals surface area (Å²) in [5, 5.41) is 3.20. The molecule has 1 aromatic heterocycles. The maximum Gasteiger partial charge on any atom is 0.267 e. The van der Waals surface area contributed by atoms with Crippen molar-refractivity contribution < 1.29 is 0 Å². The van der Waals surface area contributed by atoms with Crippen molar-refractivity contribution in [3.05, 3.63) is 21.2 Å². The molecule has 0 radical (unpaired) electrons. The number of nitrogens with zero attached hydrogens (tertiary/aromatic N) is 1. The van der Waals surface area contributed by atoms with E-state index in [9.17, 15) is 4.79 Å². The number of aromatic nitrogens is 2. The van der Waals surface area contributed by atoms with Crippen LogP contribution in [0, 0.1) is 5.92 Å². The van der Waals surface area contributed by atoms with Crippen LogP contribution in [-0.4, -0.2) is 16.0 Å². The average Bonchev–Trinajstić information content (AvgIpc) is 2.11. The Bertz CT molecular complexity index is 375. The topological polar surface area (TPSA) is 57.8 Å². The lowest BCUT2D eigenvalue weighted by Crippen LogP contribution is -2.21. The van der Waals surface area contributed by atoms with Crippen molar-refractivity contribution in [3.63, 3.8) is 0 Å². The van der Waals surface area contributed by atoms with Gasteiger partial charge in [0.05, 0.1) is 6.33 Å². The molecular weight excluding hydrogens is 258 g/mol. The first-order valence-corrected chi connectivity index (χ1v) is 5.79. The molecule has 0 saturated carbocycles. The largest absolute Gasteiger partial charge is 0.366 e. The molecule has 2 N–H and O–H groups in total. The van der Waals surface area contributed by atoms with Crippen LogP contribution in [0.25, 0.3) is 0 Å². The third-order valence-electron chi connectivity index (χ3n) is 2.00. The van der Waals surface area contributed by atoms with E-state index in [0.29, 0.717) is 22.3 Å². The quantitative estimate of drug-likeness (QED) is 0.886. The van der Waals surface area contributed by atoms with Crippen molar-refractivity contribution >= 4 is 21.7 Å². The zero-order valence-electron chi connectivity index (χ0n) is 9.17. The molecular formula is C10H16BrN3O. The Kier molecular flexibility index (Phi) is 4.32. The third kappa shape index (κ3) is 3.66. The summed E-state index contributed by atoms with van der Waals surface area (Å²) in [4.78, 5) is 17.8. The van der Waals surface area contributed by atoms with Crippen LogP contribution in [0.1, 0.15) is 27.2 Å². The second-order valence-electron chi connectivity index (χ2n) is 4.07. The molecule has 0 aliphatic rings. The maximum absolute atomic E-state index is 11.3. The van der Waals surface area contributed by atoms with Gasteiger partial charge < -0.3 is 10.3 Å². The first-order valence-electron chi connectivity index (χ1n) is 5.00. The summed E-state index contributed by atoms with van der Waals surface area (Å²) in [6.45, 7) is 6.41. The molecule has 1 aromatic rings. The molecule has 1 rings (SSSR count). The van der Waals surface area contributed by atoms with Crippen molar-refractivity contribution in [2.75, 3.05) is 5.32 Å². The lowest BCUT2D eigenvalue weighted by atomic mass is 10.1. The van der Waals surface area contributed by atoms with E-state index < -0.39 is 0 Å². The minimum atomic E-state index is -0.163. The normalized spacial score (nSPS) is 12.9. The van der Waals surface area contributed by atoms with Crippen molar-refractivity contribution in [3.8, 4) is 0 Å². The molecule has 4 nitrogen and oxygen atoms in total. The number of aromatic amines is 1. The molecule has 0 fully saturated rings. The van der Waals surface area contributed by atoms with E-state index >= 15 is 0 Å². The van der Waals surface area contributed by atoms with Gasteiger partial charge in [0, 0.05) is 6.04 Å². The number of anilines is 1. The van der Waals surface area contributed by atoms with Crippen LogP contribution in [0.15, 0.2) is 15.6 Å². The fourth-order valence-corrected chi connectivity index (χ4v) is 1.81. The Morgan fingerprint density at radius 3 is 2.80 bits per heavy atom. The zero-order valence-corrected chi connectivity index (χ0v) is 10.8. The smallest absolute Gasteiger partial charge is 0.267 e. The van der Waals surface area contributed by atoms with Gasteiger partial charge in [-0.15, -0.1) is 0 Å². The SMILES string of the molecule is CC(C)CC(C)Nc1nc[nH]c(=O)c1Br. The molecule has 1 unspecified atom stereocenters. The summed E-state index contributed by atoms with van der Waals surface area (Å²) >= 11 is 3.21. The van der Waals surface area contributed by atoms with Crippen LogP contribution >= 0.6 is 15.9 Å². The Morgan fingerprint density at radius 2 is 2.20 bits per heavy atom. The molecule has 0 bridgehead atoms. The fourth-order valence-electron chi connectivity index (χ4n) is 1.48. The maximum atomic E-state index is 11.3. The van der Waals surface area contributed by atoms with E-state index in [1.165, 1.54) is 6.33 Å². The minimum Gasteiger partial charge on any atom is -0.366 e. The summed E-state index contributed by atoms with van der Waals surface area (Å²) < 4.78 is 0.459. The van der Waals surface area contributed by atoms with Crippen LogP contribution in [0.2, 0.25) is 0 Å². The van der Waals surface area contributed by atoms with E-state index in [2.05, 4.69) is 52.0 Å². The summed E-state index contributed by atoms with van der Waals surface area (Å²) in [6.07, 6.45) is 2.44. The van der Waals surface area contributed by atoms with E-state index in [4.69, 9.17) is 0 Å². The predicted octanol–water partition coefficient (Wildman–Crippen LogP) is 2.38. The number of halogens is 1. The van der Waals surface area contributed by atoms with Crippen LogP contribution in [0.5, 0.6) is 0 Å². The molecule has 0 aliphatic carbocycles. The highest BCUT2D eigenvalue weighted by atomic mass is 79.9. The van der Waals surface area contributed by atoms with E-state index in [0.717, 1.165) is 6.42 Å². The van der Waals surface area contributed by atoms with Gasteiger partial charge in [-0.25, -0.2) is 4.98 Å². The molecule has 0 saturated heterocycles. The molecule has 0 aromatic carbocycles. The molecule has 0 spiro atoms. The lowest BCUT2D eigenvalue weighted by molar-refractivity contribution is 0.538. The van der Waals surface area contributed by atoms with Gasteiger partial charge in [-0.1, -0.05) is 13.8 Å². The predicted molar refractivity (Wildman–Crippen MR) is 65.1 cm³/mol. The highest BCUT2D eigenvalue weighted by Gasteiger charge is 2.09. The second kappa shape index (κ2) is 5.30. The summed E-state index contributed by atoms with van der Waals surface area (Å²) in [6, 6.07) is 0.301. The van der Waals surface area contributed by atoms with Gasteiger partial charge in [-0.05, 0) is 35.2 Å². The average molecular weight is 274 g/mol. The van der Waals surface area contributed by atoms with Crippen LogP contribution in [-0.2, 0) is 0 Å². The van der Waals surface area contributed by atoms with Gasteiger partial charge in [-0.3, -0.25) is 4.79 Å². The highest BCUT2D eigenvalue weighted by molar-refractivity contribution is 9.10. The van der Waals surface area contributed by atoms with Crippen LogP contribution in [0.4, 0.5) is 5.82 Å². The second-order valence-corrected chi connectivity index (χ2v) is 4.86. The molecule has 1 heterocycles. The van der Waals surface area contributed by atoms with Crippen molar-refractivity contribution in [1.29, 1.82) is 0 Å². The van der Waals surface area contributed by atoms with Crippen molar-refractivity contribution in [2.24, 2.45) is 5.92 Å². The number of hydrogen-bond acceptors (Lipinski definition) is 3. The monoisotopic (exact) mass is 273 g/mol. The standard InChI is InChI=1S/C10H16BrN3O/c1-6(2)4-7(3)14-9-8(11)10(15)13-5-12-9/h5-7H,4H2,1-3H3,(H2,12,13,14,15). The molecule has 1 atom stereocenters. The van der Waals surface area contributed by atoms with Crippen LogP contribution in [0.3, 0.4) is 0 Å². The van der Waals surface area contributed by atoms with E-state index in [-0.39, 0.29) is 5.56 Å². The molecule has 84 valence electrons. The van der Waals surface area contributed by atoms with Gasteiger partial charge >= 0.3 is 0 Å². The van der Waals surface area contributed by atoms with Gasteiger partial charge in [0.15, 0.2) is 0 Å². The Hall–Kier alpha value is -0.840. The van der Waals surface area contributed by atoms with Gasteiger partial charge in [0.2, 0.25) is 0 Å². The zero-order chi connectivity index (χ0) is 11.4. The summed E-state index contributed by atoms with van der Waals surface area (Å²) in [5.74, 6) is 1.22. The number of H-pyrrole nitrogens is 1. The number of rotatable bonds is 4. The summed E-state index contributed by atoms with van der Waals surface area (Å²) in [5.41, 5.74) is -0.163. The van der Waals surface area contributed by atoms with Crippen LogP contribution < -0.4 is 10.9 Å². The van der Waals surface area contributed by atoms with E-state index in [1.54, 1.807) is 0 Å². The van der Waals surface area contributed by atoms with Gasteiger partial charge in [0.1, 0.15) is 10.3 Å². The molecule has 0 amide bonds. The number of hydrogen-bond donors (Lipinski definition) is 2. The van der Waals surface area contributed by atoms with Gasteiger partial charge in [0.25, 0.3) is 5.56 Å². The number of nitrogens with one attached hydrogen (secondary N) is 2. The summed E-state index contributed by atoms with van der Waals surface area (Å²) in [7, 11) is 0. The first kappa shape index (κ1) is 12.2. The van der Waals surface area contributed by atoms with E-state index in [1.807, 2.05) is 0 Å². The third-order valence-corrected chi connectivity index (χ3v) is 2.74. The van der Waals surface area contributed by atoms with Crippen molar-refractivity contribution in [2.45, 2.75) is 33.2 Å².